The van der Waals surface area contributed by atoms with Gasteiger partial charge in [-0.1, -0.05) is 82.3 Å². The summed E-state index contributed by atoms with van der Waals surface area (Å²) in [6.07, 6.45) is -3.46. The number of carbonyl (C=O) groups is 11. The number of primary amides is 1. The van der Waals surface area contributed by atoms with Crippen LogP contribution in [0.3, 0.4) is 0 Å². The molecular formula is C46H62N8O16S3. The molecule has 0 aliphatic carbocycles. The molecule has 6 atom stereocenters. The van der Waals surface area contributed by atoms with Crippen molar-refractivity contribution in [3.8, 4) is 0 Å². The molecule has 0 aliphatic heterocycles. The fraction of sp³-hybridized carbons (Fsp3) is 0.478. The van der Waals surface area contributed by atoms with Crippen LogP contribution in [-0.4, -0.2) is 153 Å². The predicted octanol–water partition coefficient (Wildman–Crippen LogP) is 0.140. The zero-order valence-corrected chi connectivity index (χ0v) is 42.1. The molecule has 2 aromatic carbocycles. The number of thiocarbonyl (C=S) groups is 1. The second-order valence-corrected chi connectivity index (χ2v) is 19.3. The molecule has 0 fully saturated rings. The van der Waals surface area contributed by atoms with Gasteiger partial charge in [0.2, 0.25) is 23.6 Å². The minimum Gasteiger partial charge on any atom is -0.481 e. The summed E-state index contributed by atoms with van der Waals surface area (Å²) in [5.41, 5.74) is 12.3. The van der Waals surface area contributed by atoms with E-state index in [4.69, 9.17) is 28.8 Å². The van der Waals surface area contributed by atoms with Crippen molar-refractivity contribution in [2.75, 3.05) is 37.7 Å². The van der Waals surface area contributed by atoms with Crippen LogP contribution in [0.5, 0.6) is 0 Å². The van der Waals surface area contributed by atoms with Crippen LogP contribution in [0.4, 0.5) is 4.79 Å². The number of Topliss-reactive ketones (excluding diaryl/α,β-unsaturated/α-hetero) is 2. The Morgan fingerprint density at radius 3 is 1.81 bits per heavy atom. The molecule has 2 rings (SSSR count). The van der Waals surface area contributed by atoms with E-state index in [1.165, 1.54) is 0 Å². The highest BCUT2D eigenvalue weighted by molar-refractivity contribution is 8.76. The highest BCUT2D eigenvalue weighted by Gasteiger charge is 2.32. The largest absolute Gasteiger partial charge is 0.481 e. The average molecular weight is 1080 g/mol. The molecule has 24 nitrogen and oxygen atoms in total. The van der Waals surface area contributed by atoms with Gasteiger partial charge in [0, 0.05) is 69.2 Å². The van der Waals surface area contributed by atoms with E-state index in [0.717, 1.165) is 21.6 Å². The maximum Gasteiger partial charge on any atom is 0.404 e. The van der Waals surface area contributed by atoms with Crippen LogP contribution in [0, 0.1) is 11.8 Å². The van der Waals surface area contributed by atoms with Crippen LogP contribution in [0.15, 0.2) is 60.7 Å². The summed E-state index contributed by atoms with van der Waals surface area (Å²) >= 11 is 5.07. The Kier molecular flexibility index (Phi) is 29.4. The van der Waals surface area contributed by atoms with Gasteiger partial charge < -0.3 is 68.5 Å². The van der Waals surface area contributed by atoms with Gasteiger partial charge in [-0.05, 0) is 49.0 Å². The van der Waals surface area contributed by atoms with Crippen LogP contribution in [0.25, 0.3) is 0 Å². The molecule has 0 aliphatic rings. The van der Waals surface area contributed by atoms with E-state index in [2.05, 4.69) is 36.6 Å². The van der Waals surface area contributed by atoms with Gasteiger partial charge in [-0.2, -0.15) is 0 Å². The number of amides is 5. The molecule has 27 heteroatoms. The third-order valence-electron chi connectivity index (χ3n) is 10.4. The number of ether oxygens (including phenoxy) is 1. The molecule has 400 valence electrons. The van der Waals surface area contributed by atoms with E-state index in [1.54, 1.807) is 60.7 Å². The number of aliphatic carboxylic acids is 4. The van der Waals surface area contributed by atoms with Crippen LogP contribution in [-0.2, 0) is 65.5 Å². The summed E-state index contributed by atoms with van der Waals surface area (Å²) in [4.78, 5) is 137. The quantitative estimate of drug-likeness (QED) is 0.0243. The Balaban J connectivity index is 2.10. The molecule has 0 saturated carbocycles. The standard InChI is InChI=1S/C46H62N8O16S3/c47-31(42(64)53-34(24-40(61)62)36(56)23-30(43(65)66)26-73-72-19-18-70-45(48)69)25-51-41(63)29(20-27-8-3-1-4-9-27)22-35(55)33(21-28-10-5-2-6-11-28)52-38(58)15-17-49-37(57)14-13-32(44(67)68)54-46(71)50-16-7-12-39(59)60/h1-6,8-11,29-34H,7,12-26,47H2,(H2,48,69)(H,49,57)(H,51,63)(H,52,58)(H,53,64)(H,59,60)(H,61,62)(H,65,66)(H,67,68)(H2,50,54,71)/t29-,30+,31+,32+,33+,34+/m1/s1. The predicted molar refractivity (Wildman–Crippen MR) is 271 cm³/mol. The van der Waals surface area contributed by atoms with Crippen molar-refractivity contribution in [3.05, 3.63) is 71.8 Å². The summed E-state index contributed by atoms with van der Waals surface area (Å²) in [6.45, 7) is -0.564. The Labute approximate surface area is 433 Å². The number of carboxylic acids is 4. The first-order valence-corrected chi connectivity index (χ1v) is 25.7. The maximum atomic E-state index is 14.1. The molecule has 0 unspecified atom stereocenters. The van der Waals surface area contributed by atoms with Crippen molar-refractivity contribution < 1.29 is 77.9 Å². The molecular weight excluding hydrogens is 1020 g/mol. The Bertz CT molecular complexity index is 2210. The number of carboxylic acid groups (broad SMARTS) is 4. The lowest BCUT2D eigenvalue weighted by Crippen LogP contribution is -2.53. The number of nitrogens with one attached hydrogen (secondary N) is 6. The molecule has 0 radical (unpaired) electrons. The molecule has 2 aromatic rings. The van der Waals surface area contributed by atoms with Crippen LogP contribution in [0.2, 0.25) is 0 Å². The Morgan fingerprint density at radius 2 is 1.22 bits per heavy atom. The van der Waals surface area contributed by atoms with Gasteiger partial charge in [0.05, 0.1) is 24.4 Å². The van der Waals surface area contributed by atoms with Crippen molar-refractivity contribution in [1.29, 1.82) is 0 Å². The van der Waals surface area contributed by atoms with Gasteiger partial charge in [-0.15, -0.1) is 0 Å². The number of benzene rings is 2. The third kappa shape index (κ3) is 27.5. The number of rotatable bonds is 37. The van der Waals surface area contributed by atoms with E-state index < -0.39 is 127 Å². The minimum atomic E-state index is -1.68. The first-order valence-electron chi connectivity index (χ1n) is 22.8. The van der Waals surface area contributed by atoms with E-state index in [9.17, 15) is 68.1 Å². The molecule has 0 saturated heterocycles. The molecule has 0 bridgehead atoms. The average Bonchev–Trinajstić information content (AvgIpc) is 3.33. The molecule has 0 aromatic heterocycles. The summed E-state index contributed by atoms with van der Waals surface area (Å²) in [6, 6.07) is 11.7. The van der Waals surface area contributed by atoms with Crippen molar-refractivity contribution in [1.82, 2.24) is 31.9 Å². The summed E-state index contributed by atoms with van der Waals surface area (Å²) in [5.74, 6) is -11.7. The van der Waals surface area contributed by atoms with Gasteiger partial charge in [0.25, 0.3) is 0 Å². The summed E-state index contributed by atoms with van der Waals surface area (Å²) in [5, 5.41) is 52.8. The number of nitrogens with two attached hydrogens (primary N) is 2. The lowest BCUT2D eigenvalue weighted by molar-refractivity contribution is -0.144. The molecule has 0 spiro atoms. The topological polar surface area (TPSA) is 402 Å². The fourth-order valence-corrected chi connectivity index (χ4v) is 8.98. The fourth-order valence-electron chi connectivity index (χ4n) is 6.60. The first kappa shape index (κ1) is 62.3. The van der Waals surface area contributed by atoms with Crippen LogP contribution >= 0.6 is 33.8 Å². The van der Waals surface area contributed by atoms with E-state index in [-0.39, 0.29) is 81.3 Å². The van der Waals surface area contributed by atoms with Crippen molar-refractivity contribution in [3.63, 3.8) is 0 Å². The highest BCUT2D eigenvalue weighted by atomic mass is 33.1. The summed E-state index contributed by atoms with van der Waals surface area (Å²) < 4.78 is 4.60. The minimum absolute atomic E-state index is 0.0252. The maximum absolute atomic E-state index is 14.1. The lowest BCUT2D eigenvalue weighted by atomic mass is 9.89. The second kappa shape index (κ2) is 34.5. The number of hydrogen-bond donors (Lipinski definition) is 12. The zero-order valence-electron chi connectivity index (χ0n) is 39.6. The molecule has 0 heterocycles. The van der Waals surface area contributed by atoms with Crippen molar-refractivity contribution in [2.45, 2.75) is 88.4 Å². The van der Waals surface area contributed by atoms with Gasteiger partial charge in [0.15, 0.2) is 16.7 Å². The molecule has 5 amide bonds. The van der Waals surface area contributed by atoms with Crippen molar-refractivity contribution in [2.24, 2.45) is 23.3 Å². The SMILES string of the molecule is NC(=O)OCCSSC[C@H](CC(=O)[C@H](CC(=O)O)NC(=O)[C@@H](N)CNC(=O)[C@@H](CC(=O)[C@H](Cc1ccccc1)NC(=O)CCNC(=O)CC[C@H](NC(=S)NCCCC(=O)O)C(=O)O)Cc1ccccc1)C(=O)O. The number of hydrogen-bond acceptors (Lipinski definition) is 16. The third-order valence-corrected chi connectivity index (χ3v) is 13.1. The molecule has 14 N–H and O–H groups in total. The number of carbonyl (C=O) groups excluding carboxylic acids is 7. The van der Waals surface area contributed by atoms with Crippen LogP contribution in [0.1, 0.15) is 62.5 Å². The monoisotopic (exact) mass is 1080 g/mol. The summed E-state index contributed by atoms with van der Waals surface area (Å²) in [7, 11) is 2.21. The first-order chi connectivity index (χ1) is 34.6. The number of ketones is 2. The van der Waals surface area contributed by atoms with Gasteiger partial charge in [0.1, 0.15) is 18.7 Å². The normalized spacial score (nSPS) is 13.2. The highest BCUT2D eigenvalue weighted by Crippen LogP contribution is 2.26. The molecule has 73 heavy (non-hydrogen) atoms. The van der Waals surface area contributed by atoms with Gasteiger partial charge >= 0.3 is 30.0 Å². The lowest BCUT2D eigenvalue weighted by Gasteiger charge is -2.23. The van der Waals surface area contributed by atoms with Gasteiger partial charge in [-0.3, -0.25) is 43.2 Å². The van der Waals surface area contributed by atoms with E-state index in [1.807, 2.05) is 0 Å². The Morgan fingerprint density at radius 1 is 0.603 bits per heavy atom. The Hall–Kier alpha value is -6.84. The smallest absolute Gasteiger partial charge is 0.404 e. The van der Waals surface area contributed by atoms with E-state index >= 15 is 0 Å². The second-order valence-electron chi connectivity index (χ2n) is 16.3. The van der Waals surface area contributed by atoms with Crippen LogP contribution < -0.4 is 43.4 Å². The zero-order chi connectivity index (χ0) is 54.3. The van der Waals surface area contributed by atoms with Crippen molar-refractivity contribution >= 4 is 104 Å². The van der Waals surface area contributed by atoms with Gasteiger partial charge in [-0.25, -0.2) is 9.59 Å². The van der Waals surface area contributed by atoms with E-state index in [0.29, 0.717) is 11.1 Å².